The second kappa shape index (κ2) is 5.26. The first-order valence-corrected chi connectivity index (χ1v) is 7.96. The van der Waals surface area contributed by atoms with Crippen LogP contribution in [0.3, 0.4) is 0 Å². The van der Waals surface area contributed by atoms with Gasteiger partial charge in [0, 0.05) is 36.0 Å². The van der Waals surface area contributed by atoms with Gasteiger partial charge in [0.25, 0.3) is 0 Å². The Bertz CT molecular complexity index is 563. The lowest BCUT2D eigenvalue weighted by Crippen LogP contribution is -2.61. The highest BCUT2D eigenvalue weighted by atomic mass is 35.5. The Balaban J connectivity index is 2.03. The van der Waals surface area contributed by atoms with Crippen molar-refractivity contribution in [2.24, 2.45) is 11.3 Å². The molecule has 0 N–H and O–H groups in total. The summed E-state index contributed by atoms with van der Waals surface area (Å²) in [6.07, 6.45) is 3.59. The van der Waals surface area contributed by atoms with Crippen LogP contribution in [0.15, 0.2) is 36.9 Å². The van der Waals surface area contributed by atoms with Gasteiger partial charge >= 0.3 is 0 Å². The zero-order valence-electron chi connectivity index (χ0n) is 12.7. The van der Waals surface area contributed by atoms with Crippen molar-refractivity contribution in [2.45, 2.75) is 38.8 Å². The Morgan fingerprint density at radius 2 is 2.05 bits per heavy atom. The SMILES string of the molecule is C=CCN1[C@H](c2ccc(Cl)cc2)[C@@H]2CC(C)(C)[C@H]1CC2=O. The summed E-state index contributed by atoms with van der Waals surface area (Å²) in [6.45, 7) is 9.29. The minimum atomic E-state index is 0.0890. The summed E-state index contributed by atoms with van der Waals surface area (Å²) >= 11 is 6.00. The number of benzene rings is 1. The van der Waals surface area contributed by atoms with Gasteiger partial charge in [-0.3, -0.25) is 9.69 Å². The molecule has 3 atom stereocenters. The highest BCUT2D eigenvalue weighted by Crippen LogP contribution is 2.53. The second-order valence-electron chi connectivity index (χ2n) is 6.97. The van der Waals surface area contributed by atoms with Gasteiger partial charge in [-0.15, -0.1) is 6.58 Å². The largest absolute Gasteiger partial charge is 0.299 e. The fraction of sp³-hybridized carbons (Fsp3) is 0.500. The lowest BCUT2D eigenvalue weighted by atomic mass is 9.60. The number of nitrogens with zero attached hydrogens (tertiary/aromatic N) is 1. The minimum Gasteiger partial charge on any atom is -0.299 e. The van der Waals surface area contributed by atoms with Crippen molar-refractivity contribution >= 4 is 17.4 Å². The van der Waals surface area contributed by atoms with E-state index in [1.54, 1.807) is 0 Å². The molecule has 2 aliphatic heterocycles. The number of hydrogen-bond acceptors (Lipinski definition) is 2. The third-order valence-electron chi connectivity index (χ3n) is 5.15. The third-order valence-corrected chi connectivity index (χ3v) is 5.40. The molecule has 1 saturated carbocycles. The second-order valence-corrected chi connectivity index (χ2v) is 7.40. The number of Topliss-reactive ketones (excluding diaryl/α,β-unsaturated/α-hetero) is 1. The minimum absolute atomic E-state index is 0.0890. The molecule has 0 unspecified atom stereocenters. The van der Waals surface area contributed by atoms with E-state index in [4.69, 9.17) is 11.6 Å². The molecule has 0 aromatic heterocycles. The molecule has 3 fully saturated rings. The first-order valence-electron chi connectivity index (χ1n) is 7.59. The third kappa shape index (κ3) is 2.45. The molecular formula is C18H22ClNO. The van der Waals surface area contributed by atoms with Crippen molar-refractivity contribution < 1.29 is 4.79 Å². The van der Waals surface area contributed by atoms with Gasteiger partial charge in [0.1, 0.15) is 5.78 Å². The molecule has 21 heavy (non-hydrogen) atoms. The summed E-state index contributed by atoms with van der Waals surface area (Å²) in [4.78, 5) is 14.9. The summed E-state index contributed by atoms with van der Waals surface area (Å²) < 4.78 is 0. The Morgan fingerprint density at radius 1 is 1.38 bits per heavy atom. The summed E-state index contributed by atoms with van der Waals surface area (Å²) in [7, 11) is 0. The first kappa shape index (κ1) is 14.8. The molecular weight excluding hydrogens is 282 g/mol. The van der Waals surface area contributed by atoms with E-state index >= 15 is 0 Å². The highest BCUT2D eigenvalue weighted by molar-refractivity contribution is 6.30. The number of hydrogen-bond donors (Lipinski definition) is 0. The van der Waals surface area contributed by atoms with Crippen LogP contribution >= 0.6 is 11.6 Å². The Kier molecular flexibility index (Phi) is 3.71. The van der Waals surface area contributed by atoms with Gasteiger partial charge in [0.15, 0.2) is 0 Å². The van der Waals surface area contributed by atoms with E-state index in [9.17, 15) is 4.79 Å². The molecule has 2 saturated heterocycles. The van der Waals surface area contributed by atoms with Gasteiger partial charge in [0.05, 0.1) is 0 Å². The van der Waals surface area contributed by atoms with Gasteiger partial charge in [-0.2, -0.15) is 0 Å². The van der Waals surface area contributed by atoms with Gasteiger partial charge in [-0.1, -0.05) is 43.7 Å². The van der Waals surface area contributed by atoms with Crippen LogP contribution < -0.4 is 0 Å². The molecule has 1 aliphatic carbocycles. The smallest absolute Gasteiger partial charge is 0.139 e. The molecule has 2 nitrogen and oxygen atoms in total. The van der Waals surface area contributed by atoms with E-state index in [1.807, 2.05) is 18.2 Å². The van der Waals surface area contributed by atoms with Crippen LogP contribution in [0.5, 0.6) is 0 Å². The average molecular weight is 304 g/mol. The van der Waals surface area contributed by atoms with Gasteiger partial charge in [0.2, 0.25) is 0 Å². The van der Waals surface area contributed by atoms with E-state index in [-0.39, 0.29) is 17.4 Å². The number of carbonyl (C=O) groups is 1. The first-order chi connectivity index (χ1) is 9.94. The monoisotopic (exact) mass is 303 g/mol. The maximum absolute atomic E-state index is 12.5. The van der Waals surface area contributed by atoms with E-state index in [0.717, 1.165) is 18.0 Å². The summed E-state index contributed by atoms with van der Waals surface area (Å²) in [6, 6.07) is 8.42. The summed E-state index contributed by atoms with van der Waals surface area (Å²) in [5.74, 6) is 0.505. The molecule has 0 spiro atoms. The quantitative estimate of drug-likeness (QED) is 0.778. The number of fused-ring (bicyclic) bond motifs is 3. The van der Waals surface area contributed by atoms with Crippen molar-refractivity contribution in [3.8, 4) is 0 Å². The van der Waals surface area contributed by atoms with Crippen LogP contribution in [-0.4, -0.2) is 23.3 Å². The maximum Gasteiger partial charge on any atom is 0.139 e. The van der Waals surface area contributed by atoms with Crippen molar-refractivity contribution in [2.75, 3.05) is 6.54 Å². The number of halogens is 1. The Hall–Kier alpha value is -1.12. The lowest BCUT2D eigenvalue weighted by molar-refractivity contribution is -0.149. The molecule has 0 amide bonds. The Morgan fingerprint density at radius 3 is 2.67 bits per heavy atom. The number of rotatable bonds is 3. The standard InChI is InChI=1S/C18H22ClNO/c1-4-9-20-16-10-15(21)14(11-18(16,2)3)17(20)12-5-7-13(19)8-6-12/h4-8,14,16-17H,1,9-11H2,2-3H3/t14-,16-,17-/m1/s1. The van der Waals surface area contributed by atoms with E-state index in [1.165, 1.54) is 5.56 Å². The van der Waals surface area contributed by atoms with Crippen molar-refractivity contribution in [1.29, 1.82) is 0 Å². The van der Waals surface area contributed by atoms with E-state index in [0.29, 0.717) is 18.2 Å². The van der Waals surface area contributed by atoms with E-state index in [2.05, 4.69) is 37.5 Å². The summed E-state index contributed by atoms with van der Waals surface area (Å²) in [5.41, 5.74) is 1.38. The van der Waals surface area contributed by atoms with Crippen LogP contribution in [-0.2, 0) is 4.79 Å². The highest BCUT2D eigenvalue weighted by Gasteiger charge is 2.54. The van der Waals surface area contributed by atoms with Crippen LogP contribution in [0.1, 0.15) is 38.3 Å². The molecule has 3 aliphatic rings. The van der Waals surface area contributed by atoms with Gasteiger partial charge in [-0.05, 0) is 29.5 Å². The predicted octanol–water partition coefficient (Wildman–Crippen LogP) is 4.26. The van der Waals surface area contributed by atoms with Crippen LogP contribution in [0.4, 0.5) is 0 Å². The van der Waals surface area contributed by atoms with Crippen molar-refractivity contribution in [1.82, 2.24) is 4.90 Å². The lowest BCUT2D eigenvalue weighted by Gasteiger charge is -2.58. The molecule has 2 bridgehead atoms. The average Bonchev–Trinajstić information content (AvgIpc) is 2.42. The molecule has 0 radical (unpaired) electrons. The van der Waals surface area contributed by atoms with Crippen molar-refractivity contribution in [3.63, 3.8) is 0 Å². The predicted molar refractivity (Wildman–Crippen MR) is 86.4 cm³/mol. The van der Waals surface area contributed by atoms with Crippen molar-refractivity contribution in [3.05, 3.63) is 47.5 Å². The number of piperidine rings is 2. The molecule has 1 aromatic rings. The normalized spacial score (nSPS) is 31.4. The maximum atomic E-state index is 12.5. The topological polar surface area (TPSA) is 20.3 Å². The molecule has 1 aromatic carbocycles. The van der Waals surface area contributed by atoms with E-state index < -0.39 is 0 Å². The zero-order valence-corrected chi connectivity index (χ0v) is 13.4. The molecule has 3 heteroatoms. The fourth-order valence-electron chi connectivity index (χ4n) is 4.19. The Labute approximate surface area is 131 Å². The number of carbonyl (C=O) groups excluding carboxylic acids is 1. The van der Waals surface area contributed by atoms with Gasteiger partial charge in [-0.25, -0.2) is 0 Å². The molecule has 4 rings (SSSR count). The molecule has 2 heterocycles. The summed E-state index contributed by atoms with van der Waals surface area (Å²) in [5, 5.41) is 0.738. The van der Waals surface area contributed by atoms with Crippen LogP contribution in [0.2, 0.25) is 5.02 Å². The van der Waals surface area contributed by atoms with Crippen LogP contribution in [0, 0.1) is 11.3 Å². The zero-order chi connectivity index (χ0) is 15.2. The van der Waals surface area contributed by atoms with Gasteiger partial charge < -0.3 is 0 Å². The molecule has 112 valence electrons. The van der Waals surface area contributed by atoms with Crippen LogP contribution in [0.25, 0.3) is 0 Å². The fourth-order valence-corrected chi connectivity index (χ4v) is 4.31. The number of ketones is 1.